The molecule has 0 aliphatic carbocycles. The van der Waals surface area contributed by atoms with E-state index in [4.69, 9.17) is 16.3 Å². The number of thiophene rings is 1. The lowest BCUT2D eigenvalue weighted by atomic mass is 10.0. The molecule has 0 radical (unpaired) electrons. The third-order valence-electron chi connectivity index (χ3n) is 6.53. The molecule has 1 aromatic carbocycles. The van der Waals surface area contributed by atoms with Crippen LogP contribution in [0.5, 0.6) is 5.75 Å². The molecule has 0 atom stereocenters. The van der Waals surface area contributed by atoms with Gasteiger partial charge in [0, 0.05) is 27.2 Å². The zero-order valence-corrected chi connectivity index (χ0v) is 23.7. The standard InChI is InChI=1S/C28H19ClF3N5O4S/c1-12-8-17(24-23(34-12)19(11-42-24)27(39)40)16-9-15(29)4-5-20(16)41-7-6-37-14(3)36-22-13(2)35-25(28(30,31)32)18(10-33)21(22)26(37)38/h4-5,8-9,11H,6-7H2,1-3H3,(H,39,40). The predicted molar refractivity (Wildman–Crippen MR) is 150 cm³/mol. The summed E-state index contributed by atoms with van der Waals surface area (Å²) in [6.45, 7) is 4.35. The highest BCUT2D eigenvalue weighted by Crippen LogP contribution is 2.40. The first-order valence-electron chi connectivity index (χ1n) is 12.3. The number of carbonyl (C=O) groups is 1. The molecule has 1 N–H and O–H groups in total. The molecule has 0 bridgehead atoms. The van der Waals surface area contributed by atoms with Gasteiger partial charge in [0.05, 0.1) is 39.0 Å². The van der Waals surface area contributed by atoms with Gasteiger partial charge in [-0.05, 0) is 45.0 Å². The number of halogens is 4. The summed E-state index contributed by atoms with van der Waals surface area (Å²) in [5.74, 6) is -0.536. The molecule has 4 heterocycles. The van der Waals surface area contributed by atoms with Gasteiger partial charge in [-0.3, -0.25) is 14.3 Å². The maximum atomic E-state index is 13.6. The van der Waals surface area contributed by atoms with Crippen LogP contribution in [-0.4, -0.2) is 37.2 Å². The number of pyridine rings is 2. The Bertz CT molecular complexity index is 2030. The lowest BCUT2D eigenvalue weighted by Gasteiger charge is -2.17. The second-order valence-electron chi connectivity index (χ2n) is 9.30. The number of carboxylic acids is 1. The van der Waals surface area contributed by atoms with Crippen molar-refractivity contribution in [1.82, 2.24) is 19.5 Å². The maximum absolute atomic E-state index is 13.6. The van der Waals surface area contributed by atoms with Crippen molar-refractivity contribution in [2.75, 3.05) is 6.61 Å². The van der Waals surface area contributed by atoms with E-state index in [1.54, 1.807) is 31.2 Å². The van der Waals surface area contributed by atoms with Crippen LogP contribution in [0.2, 0.25) is 5.02 Å². The Morgan fingerprint density at radius 3 is 2.55 bits per heavy atom. The monoisotopic (exact) mass is 613 g/mol. The van der Waals surface area contributed by atoms with Crippen LogP contribution >= 0.6 is 22.9 Å². The molecule has 0 aliphatic heterocycles. The number of carboxylic acid groups (broad SMARTS) is 1. The molecule has 0 aliphatic rings. The minimum Gasteiger partial charge on any atom is -0.491 e. The smallest absolute Gasteiger partial charge is 0.434 e. The fourth-order valence-electron chi connectivity index (χ4n) is 4.69. The Kier molecular flexibility index (Phi) is 7.38. The lowest BCUT2D eigenvalue weighted by Crippen LogP contribution is -2.28. The number of aromatic carboxylic acids is 1. The summed E-state index contributed by atoms with van der Waals surface area (Å²) >= 11 is 7.51. The van der Waals surface area contributed by atoms with Crippen LogP contribution in [0.25, 0.3) is 32.2 Å². The zero-order chi connectivity index (χ0) is 30.5. The highest BCUT2D eigenvalue weighted by molar-refractivity contribution is 7.18. The van der Waals surface area contributed by atoms with Crippen molar-refractivity contribution in [3.05, 3.63) is 79.1 Å². The van der Waals surface area contributed by atoms with Crippen LogP contribution in [-0.2, 0) is 12.7 Å². The number of aromatic nitrogens is 4. The SMILES string of the molecule is Cc1cc(-c2cc(Cl)ccc2OCCn2c(C)nc3c(C)nc(C(F)(F)F)c(C#N)c3c2=O)c2scc(C(=O)O)c2n1. The largest absolute Gasteiger partial charge is 0.491 e. The fraction of sp³-hybridized carbons (Fsp3) is 0.214. The first kappa shape index (κ1) is 29.0. The van der Waals surface area contributed by atoms with Crippen LogP contribution < -0.4 is 10.3 Å². The van der Waals surface area contributed by atoms with E-state index >= 15 is 0 Å². The van der Waals surface area contributed by atoms with E-state index in [-0.39, 0.29) is 35.8 Å². The molecule has 0 fully saturated rings. The summed E-state index contributed by atoms with van der Waals surface area (Å²) in [5, 5.41) is 20.5. The Hall–Kier alpha value is -4.54. The molecule has 0 spiro atoms. The molecule has 0 saturated heterocycles. The second kappa shape index (κ2) is 10.7. The minimum atomic E-state index is -4.94. The minimum absolute atomic E-state index is 0.0685. The van der Waals surface area contributed by atoms with Crippen LogP contribution in [0.15, 0.2) is 34.4 Å². The van der Waals surface area contributed by atoms with Gasteiger partial charge in [-0.2, -0.15) is 18.4 Å². The van der Waals surface area contributed by atoms with E-state index in [0.717, 1.165) is 4.57 Å². The van der Waals surface area contributed by atoms with Gasteiger partial charge in [-0.1, -0.05) is 11.6 Å². The van der Waals surface area contributed by atoms with E-state index in [0.29, 0.717) is 37.8 Å². The van der Waals surface area contributed by atoms with E-state index < -0.39 is 34.3 Å². The molecule has 4 aromatic heterocycles. The van der Waals surface area contributed by atoms with E-state index in [1.807, 2.05) is 0 Å². The van der Waals surface area contributed by atoms with Gasteiger partial charge in [-0.15, -0.1) is 11.3 Å². The molecule has 42 heavy (non-hydrogen) atoms. The third kappa shape index (κ3) is 5.03. The first-order chi connectivity index (χ1) is 19.8. The van der Waals surface area contributed by atoms with Crippen molar-refractivity contribution in [2.24, 2.45) is 0 Å². The van der Waals surface area contributed by atoms with Crippen molar-refractivity contribution in [3.8, 4) is 22.9 Å². The summed E-state index contributed by atoms with van der Waals surface area (Å²) in [4.78, 5) is 37.3. The topological polar surface area (TPSA) is 131 Å². The van der Waals surface area contributed by atoms with Gasteiger partial charge in [0.15, 0.2) is 5.69 Å². The molecule has 0 amide bonds. The highest BCUT2D eigenvalue weighted by atomic mass is 35.5. The molecular weight excluding hydrogens is 595 g/mol. The molecule has 9 nitrogen and oxygen atoms in total. The maximum Gasteiger partial charge on any atom is 0.434 e. The third-order valence-corrected chi connectivity index (χ3v) is 7.77. The predicted octanol–water partition coefficient (Wildman–Crippen LogP) is 6.31. The summed E-state index contributed by atoms with van der Waals surface area (Å²) in [6.07, 6.45) is -4.94. The van der Waals surface area contributed by atoms with E-state index in [9.17, 15) is 33.1 Å². The Labute approximate surface area is 244 Å². The summed E-state index contributed by atoms with van der Waals surface area (Å²) < 4.78 is 48.6. The molecule has 14 heteroatoms. The zero-order valence-electron chi connectivity index (χ0n) is 22.1. The van der Waals surface area contributed by atoms with E-state index in [1.165, 1.54) is 36.6 Å². The number of rotatable bonds is 6. The van der Waals surface area contributed by atoms with Gasteiger partial charge in [0.2, 0.25) is 0 Å². The summed E-state index contributed by atoms with van der Waals surface area (Å²) in [6, 6.07) is 8.15. The molecule has 214 valence electrons. The molecule has 5 aromatic rings. The number of nitriles is 1. The normalized spacial score (nSPS) is 11.7. The average molecular weight is 614 g/mol. The molecule has 5 rings (SSSR count). The fourth-order valence-corrected chi connectivity index (χ4v) is 5.88. The lowest BCUT2D eigenvalue weighted by molar-refractivity contribution is -0.141. The van der Waals surface area contributed by atoms with Crippen molar-refractivity contribution in [3.63, 3.8) is 0 Å². The number of ether oxygens (including phenoxy) is 1. The Morgan fingerprint density at radius 1 is 1.14 bits per heavy atom. The van der Waals surface area contributed by atoms with Gasteiger partial charge >= 0.3 is 12.1 Å². The number of fused-ring (bicyclic) bond motifs is 2. The van der Waals surface area contributed by atoms with Crippen LogP contribution in [0, 0.1) is 32.1 Å². The van der Waals surface area contributed by atoms with Crippen molar-refractivity contribution >= 4 is 50.0 Å². The van der Waals surface area contributed by atoms with Crippen LogP contribution in [0.1, 0.15) is 38.8 Å². The van der Waals surface area contributed by atoms with Crippen molar-refractivity contribution < 1.29 is 27.8 Å². The number of nitrogens with zero attached hydrogens (tertiary/aromatic N) is 5. The van der Waals surface area contributed by atoms with Crippen LogP contribution in [0.4, 0.5) is 13.2 Å². The van der Waals surface area contributed by atoms with Crippen LogP contribution in [0.3, 0.4) is 0 Å². The Morgan fingerprint density at radius 2 is 1.88 bits per heavy atom. The number of hydrogen-bond acceptors (Lipinski definition) is 8. The van der Waals surface area contributed by atoms with Gasteiger partial charge in [-0.25, -0.2) is 14.8 Å². The average Bonchev–Trinajstić information content (AvgIpc) is 3.34. The number of benzene rings is 1. The van der Waals surface area contributed by atoms with Crippen molar-refractivity contribution in [2.45, 2.75) is 33.5 Å². The number of alkyl halides is 3. The number of aryl methyl sites for hydroxylation is 3. The second-order valence-corrected chi connectivity index (χ2v) is 10.6. The quantitative estimate of drug-likeness (QED) is 0.236. The Balaban J connectivity index is 1.54. The van der Waals surface area contributed by atoms with Gasteiger partial charge < -0.3 is 9.84 Å². The highest BCUT2D eigenvalue weighted by Gasteiger charge is 2.38. The summed E-state index contributed by atoms with van der Waals surface area (Å²) in [5.41, 5.74) is -1.17. The molecular formula is C28H19ClF3N5O4S. The van der Waals surface area contributed by atoms with Gasteiger partial charge in [0.25, 0.3) is 5.56 Å². The van der Waals surface area contributed by atoms with Crippen molar-refractivity contribution in [1.29, 1.82) is 5.26 Å². The van der Waals surface area contributed by atoms with E-state index in [2.05, 4.69) is 15.0 Å². The summed E-state index contributed by atoms with van der Waals surface area (Å²) in [7, 11) is 0. The first-order valence-corrected chi connectivity index (χ1v) is 13.5. The van der Waals surface area contributed by atoms with Gasteiger partial charge in [0.1, 0.15) is 29.8 Å². The number of hydrogen-bond donors (Lipinski definition) is 1. The molecule has 0 saturated carbocycles. The molecule has 0 unspecified atom stereocenters.